The lowest BCUT2D eigenvalue weighted by Crippen LogP contribution is -2.15. The number of fused-ring (bicyclic) bond motifs is 2. The van der Waals surface area contributed by atoms with Crippen LogP contribution in [0.25, 0.3) is 10.9 Å². The number of hydrogen-bond acceptors (Lipinski definition) is 4. The van der Waals surface area contributed by atoms with Gasteiger partial charge in [0.05, 0.1) is 10.9 Å². The zero-order chi connectivity index (χ0) is 13.4. The molecular formula is C14H17N3O2. The van der Waals surface area contributed by atoms with E-state index in [2.05, 4.69) is 15.3 Å². The molecule has 100 valence electrons. The highest BCUT2D eigenvalue weighted by Crippen LogP contribution is 2.32. The van der Waals surface area contributed by atoms with Crippen LogP contribution in [0.5, 0.6) is 0 Å². The topological polar surface area (TPSA) is 67.0 Å². The Morgan fingerprint density at radius 2 is 2.37 bits per heavy atom. The number of hydrogen-bond donors (Lipinski definition) is 2. The fraction of sp³-hybridized carbons (Fsp3) is 0.429. The summed E-state index contributed by atoms with van der Waals surface area (Å²) < 4.78 is 5.02. The number of aryl methyl sites for hydroxylation is 1. The van der Waals surface area contributed by atoms with Crippen molar-refractivity contribution in [2.45, 2.75) is 25.5 Å². The van der Waals surface area contributed by atoms with Gasteiger partial charge in [-0.05, 0) is 43.1 Å². The molecule has 1 atom stereocenters. The lowest BCUT2D eigenvalue weighted by atomic mass is 10.1. The number of nitrogens with zero attached hydrogens (tertiary/aromatic N) is 1. The molecule has 1 aliphatic carbocycles. The van der Waals surface area contributed by atoms with Gasteiger partial charge in [0.15, 0.2) is 0 Å². The van der Waals surface area contributed by atoms with E-state index in [9.17, 15) is 4.79 Å². The van der Waals surface area contributed by atoms with E-state index < -0.39 is 0 Å². The molecule has 0 saturated heterocycles. The van der Waals surface area contributed by atoms with Gasteiger partial charge in [0.1, 0.15) is 12.4 Å². The van der Waals surface area contributed by atoms with E-state index in [4.69, 9.17) is 4.74 Å². The molecule has 0 aliphatic heterocycles. The summed E-state index contributed by atoms with van der Waals surface area (Å²) in [5, 5.41) is 3.94. The molecule has 0 spiro atoms. The van der Waals surface area contributed by atoms with Crippen LogP contribution in [0.2, 0.25) is 0 Å². The number of methoxy groups -OCH3 is 1. The molecule has 0 amide bonds. The average molecular weight is 259 g/mol. The fourth-order valence-electron chi connectivity index (χ4n) is 2.80. The van der Waals surface area contributed by atoms with E-state index in [1.807, 2.05) is 19.2 Å². The van der Waals surface area contributed by atoms with Crippen LogP contribution in [0.4, 0.5) is 0 Å². The van der Waals surface area contributed by atoms with Crippen molar-refractivity contribution >= 4 is 10.9 Å². The van der Waals surface area contributed by atoms with Crippen LogP contribution in [-0.2, 0) is 17.8 Å². The number of ether oxygens (including phenoxy) is 1. The Morgan fingerprint density at radius 3 is 3.11 bits per heavy atom. The number of aromatic amines is 1. The highest BCUT2D eigenvalue weighted by molar-refractivity contribution is 5.80. The number of aromatic nitrogens is 2. The summed E-state index contributed by atoms with van der Waals surface area (Å²) in [4.78, 5) is 19.3. The number of H-pyrrole nitrogens is 1. The molecule has 0 saturated carbocycles. The van der Waals surface area contributed by atoms with Gasteiger partial charge in [-0.3, -0.25) is 4.79 Å². The van der Waals surface area contributed by atoms with E-state index in [-0.39, 0.29) is 5.56 Å². The van der Waals surface area contributed by atoms with Crippen molar-refractivity contribution < 1.29 is 4.74 Å². The Balaban J connectivity index is 2.19. The van der Waals surface area contributed by atoms with Crippen molar-refractivity contribution in [3.63, 3.8) is 0 Å². The van der Waals surface area contributed by atoms with Crippen LogP contribution in [0.1, 0.15) is 29.4 Å². The van der Waals surface area contributed by atoms with Gasteiger partial charge in [-0.1, -0.05) is 0 Å². The van der Waals surface area contributed by atoms with Gasteiger partial charge in [-0.15, -0.1) is 0 Å². The molecule has 5 heteroatoms. The summed E-state index contributed by atoms with van der Waals surface area (Å²) in [6, 6.07) is 4.36. The molecule has 0 radical (unpaired) electrons. The lowest BCUT2D eigenvalue weighted by Gasteiger charge is -2.10. The third-order valence-electron chi connectivity index (χ3n) is 3.72. The maximum atomic E-state index is 12.1. The molecule has 1 heterocycles. The van der Waals surface area contributed by atoms with Crippen molar-refractivity contribution in [2.24, 2.45) is 0 Å². The van der Waals surface area contributed by atoms with Crippen molar-refractivity contribution in [3.05, 3.63) is 39.4 Å². The summed E-state index contributed by atoms with van der Waals surface area (Å²) in [5.74, 6) is 0.572. The lowest BCUT2D eigenvalue weighted by molar-refractivity contribution is 0.178. The molecular weight excluding hydrogens is 242 g/mol. The molecule has 1 aromatic heterocycles. The Hall–Kier alpha value is -1.72. The van der Waals surface area contributed by atoms with Crippen molar-refractivity contribution in [1.82, 2.24) is 15.3 Å². The molecule has 19 heavy (non-hydrogen) atoms. The monoisotopic (exact) mass is 259 g/mol. The van der Waals surface area contributed by atoms with E-state index in [1.54, 1.807) is 7.11 Å². The average Bonchev–Trinajstić information content (AvgIpc) is 2.79. The normalized spacial score (nSPS) is 17.9. The zero-order valence-electron chi connectivity index (χ0n) is 11.1. The predicted molar refractivity (Wildman–Crippen MR) is 73.2 cm³/mol. The molecule has 0 fully saturated rings. The SMILES string of the molecule is CNC1CCc2cc3nc(COC)[nH]c(=O)c3cc21. The quantitative estimate of drug-likeness (QED) is 0.871. The largest absolute Gasteiger partial charge is 0.377 e. The van der Waals surface area contributed by atoms with Gasteiger partial charge in [-0.2, -0.15) is 0 Å². The Kier molecular flexibility index (Phi) is 3.08. The molecule has 1 aliphatic rings. The van der Waals surface area contributed by atoms with Crippen molar-refractivity contribution in [3.8, 4) is 0 Å². The summed E-state index contributed by atoms with van der Waals surface area (Å²) in [6.45, 7) is 0.321. The first-order chi connectivity index (χ1) is 9.22. The summed E-state index contributed by atoms with van der Waals surface area (Å²) in [5.41, 5.74) is 3.17. The van der Waals surface area contributed by atoms with E-state index in [0.29, 0.717) is 23.9 Å². The van der Waals surface area contributed by atoms with Gasteiger partial charge < -0.3 is 15.0 Å². The first-order valence-corrected chi connectivity index (χ1v) is 6.45. The van der Waals surface area contributed by atoms with Gasteiger partial charge in [0, 0.05) is 13.2 Å². The number of rotatable bonds is 3. The Morgan fingerprint density at radius 1 is 1.53 bits per heavy atom. The van der Waals surface area contributed by atoms with E-state index in [1.165, 1.54) is 11.1 Å². The summed E-state index contributed by atoms with van der Waals surface area (Å²) in [7, 11) is 3.54. The fourth-order valence-corrected chi connectivity index (χ4v) is 2.80. The minimum absolute atomic E-state index is 0.0957. The van der Waals surface area contributed by atoms with Crippen LogP contribution in [0.15, 0.2) is 16.9 Å². The van der Waals surface area contributed by atoms with Crippen LogP contribution in [-0.4, -0.2) is 24.1 Å². The van der Waals surface area contributed by atoms with Gasteiger partial charge in [0.25, 0.3) is 5.56 Å². The molecule has 1 unspecified atom stereocenters. The zero-order valence-corrected chi connectivity index (χ0v) is 11.1. The minimum Gasteiger partial charge on any atom is -0.377 e. The third-order valence-corrected chi connectivity index (χ3v) is 3.72. The third kappa shape index (κ3) is 2.05. The number of nitrogens with one attached hydrogen (secondary N) is 2. The van der Waals surface area contributed by atoms with Crippen molar-refractivity contribution in [2.75, 3.05) is 14.2 Å². The van der Waals surface area contributed by atoms with Gasteiger partial charge in [0.2, 0.25) is 0 Å². The molecule has 2 N–H and O–H groups in total. The van der Waals surface area contributed by atoms with Crippen LogP contribution in [0, 0.1) is 0 Å². The van der Waals surface area contributed by atoms with Crippen LogP contribution in [0.3, 0.4) is 0 Å². The predicted octanol–water partition coefficient (Wildman–Crippen LogP) is 1.28. The first kappa shape index (κ1) is 12.3. The second-order valence-electron chi connectivity index (χ2n) is 4.89. The second kappa shape index (κ2) is 4.75. The Bertz CT molecular complexity index is 678. The smallest absolute Gasteiger partial charge is 0.258 e. The molecule has 1 aromatic carbocycles. The first-order valence-electron chi connectivity index (χ1n) is 6.45. The Labute approximate surface area is 111 Å². The highest BCUT2D eigenvalue weighted by atomic mass is 16.5. The number of benzene rings is 1. The van der Waals surface area contributed by atoms with Crippen LogP contribution >= 0.6 is 0 Å². The van der Waals surface area contributed by atoms with Crippen LogP contribution < -0.4 is 10.9 Å². The van der Waals surface area contributed by atoms with Crippen molar-refractivity contribution in [1.29, 1.82) is 0 Å². The van der Waals surface area contributed by atoms with Gasteiger partial charge >= 0.3 is 0 Å². The minimum atomic E-state index is -0.0957. The maximum Gasteiger partial charge on any atom is 0.258 e. The second-order valence-corrected chi connectivity index (χ2v) is 4.89. The van der Waals surface area contributed by atoms with E-state index >= 15 is 0 Å². The maximum absolute atomic E-state index is 12.1. The molecule has 0 bridgehead atoms. The standard InChI is InChI=1S/C14H17N3O2/c1-15-11-4-3-8-5-12-10(6-9(8)11)14(18)17-13(16-12)7-19-2/h5-6,11,15H,3-4,7H2,1-2H3,(H,16,17,18). The summed E-state index contributed by atoms with van der Waals surface area (Å²) >= 11 is 0. The van der Waals surface area contributed by atoms with E-state index in [0.717, 1.165) is 18.4 Å². The molecule has 2 aromatic rings. The molecule has 5 nitrogen and oxygen atoms in total. The molecule has 3 rings (SSSR count). The summed E-state index contributed by atoms with van der Waals surface area (Å²) in [6.07, 6.45) is 2.11. The highest BCUT2D eigenvalue weighted by Gasteiger charge is 2.22. The van der Waals surface area contributed by atoms with Gasteiger partial charge in [-0.25, -0.2) is 4.98 Å².